The summed E-state index contributed by atoms with van der Waals surface area (Å²) in [5, 5.41) is 0. The molecule has 2 saturated heterocycles. The average molecular weight is 344 g/mol. The lowest BCUT2D eigenvalue weighted by atomic mass is 9.71. The van der Waals surface area contributed by atoms with Crippen LogP contribution in [0.5, 0.6) is 0 Å². The van der Waals surface area contributed by atoms with Gasteiger partial charge in [-0.05, 0) is 57.8 Å². The van der Waals surface area contributed by atoms with Gasteiger partial charge in [0, 0.05) is 19.7 Å². The summed E-state index contributed by atoms with van der Waals surface area (Å²) in [6, 6.07) is 10.4. The van der Waals surface area contributed by atoms with Gasteiger partial charge in [-0.3, -0.25) is 4.79 Å². The number of carbonyl (C=O) groups is 1. The smallest absolute Gasteiger partial charge is 0.233 e. The summed E-state index contributed by atoms with van der Waals surface area (Å²) in [4.78, 5) is 18.1. The molecule has 3 rings (SSSR count). The van der Waals surface area contributed by atoms with Crippen LogP contribution in [0.3, 0.4) is 0 Å². The summed E-state index contributed by atoms with van der Waals surface area (Å²) in [6.45, 7) is 6.50. The number of hydrogen-bond donors (Lipinski definition) is 0. The van der Waals surface area contributed by atoms with E-state index in [0.717, 1.165) is 64.9 Å². The third-order valence-corrected chi connectivity index (χ3v) is 5.80. The first-order valence-corrected chi connectivity index (χ1v) is 9.81. The number of nitrogens with zero attached hydrogens (tertiary/aromatic N) is 2. The molecule has 4 nitrogen and oxygen atoms in total. The number of amides is 1. The van der Waals surface area contributed by atoms with Crippen molar-refractivity contribution in [3.8, 4) is 0 Å². The number of ether oxygens (including phenoxy) is 1. The lowest BCUT2D eigenvalue weighted by Gasteiger charge is -2.44. The van der Waals surface area contributed by atoms with Crippen molar-refractivity contribution in [2.45, 2.75) is 50.5 Å². The van der Waals surface area contributed by atoms with E-state index in [1.54, 1.807) is 0 Å². The molecule has 0 N–H and O–H groups in total. The van der Waals surface area contributed by atoms with Gasteiger partial charge in [0.2, 0.25) is 5.91 Å². The van der Waals surface area contributed by atoms with E-state index in [-0.39, 0.29) is 11.5 Å². The van der Waals surface area contributed by atoms with E-state index in [1.807, 2.05) is 6.07 Å². The van der Waals surface area contributed by atoms with Crippen LogP contribution in [0.4, 0.5) is 0 Å². The normalized spacial score (nSPS) is 24.2. The van der Waals surface area contributed by atoms with Gasteiger partial charge in [-0.2, -0.15) is 0 Å². The molecule has 1 aromatic rings. The Morgan fingerprint density at radius 1 is 1.20 bits per heavy atom. The van der Waals surface area contributed by atoms with Gasteiger partial charge in [-0.25, -0.2) is 0 Å². The molecule has 1 atom stereocenters. The quantitative estimate of drug-likeness (QED) is 0.823. The van der Waals surface area contributed by atoms with Crippen molar-refractivity contribution in [2.75, 3.05) is 39.8 Å². The van der Waals surface area contributed by atoms with Crippen LogP contribution in [0.1, 0.15) is 44.6 Å². The zero-order valence-electron chi connectivity index (χ0n) is 15.7. The van der Waals surface area contributed by atoms with Crippen LogP contribution in [0, 0.1) is 0 Å². The molecule has 1 aromatic carbocycles. The van der Waals surface area contributed by atoms with Crippen molar-refractivity contribution in [3.05, 3.63) is 35.9 Å². The Balaban J connectivity index is 1.80. The van der Waals surface area contributed by atoms with E-state index >= 15 is 0 Å². The summed E-state index contributed by atoms with van der Waals surface area (Å²) in [7, 11) is 2.15. The van der Waals surface area contributed by atoms with E-state index in [9.17, 15) is 4.79 Å². The summed E-state index contributed by atoms with van der Waals surface area (Å²) in [5.74, 6) is 0.316. The molecule has 2 aliphatic heterocycles. The van der Waals surface area contributed by atoms with Gasteiger partial charge < -0.3 is 14.5 Å². The maximum Gasteiger partial charge on any atom is 0.233 e. The van der Waals surface area contributed by atoms with E-state index < -0.39 is 0 Å². The lowest BCUT2D eigenvalue weighted by Crippen LogP contribution is -2.55. The molecular weight excluding hydrogens is 312 g/mol. The van der Waals surface area contributed by atoms with Gasteiger partial charge >= 0.3 is 0 Å². The third-order valence-electron chi connectivity index (χ3n) is 5.80. The molecule has 0 aromatic heterocycles. The second-order valence-corrected chi connectivity index (χ2v) is 7.64. The summed E-state index contributed by atoms with van der Waals surface area (Å²) in [5.41, 5.74) is 0.824. The summed E-state index contributed by atoms with van der Waals surface area (Å²) in [6.07, 6.45) is 5.17. The van der Waals surface area contributed by atoms with Crippen LogP contribution in [-0.4, -0.2) is 61.6 Å². The van der Waals surface area contributed by atoms with Crippen molar-refractivity contribution in [3.63, 3.8) is 0 Å². The molecule has 138 valence electrons. The van der Waals surface area contributed by atoms with Crippen molar-refractivity contribution in [1.82, 2.24) is 9.80 Å². The second-order valence-electron chi connectivity index (χ2n) is 7.64. The molecule has 0 aliphatic carbocycles. The molecule has 25 heavy (non-hydrogen) atoms. The number of piperidine rings is 2. The fourth-order valence-corrected chi connectivity index (χ4v) is 4.23. The average Bonchev–Trinajstić information content (AvgIpc) is 2.67. The SMILES string of the molecule is CCCOC1CCCN(C(=O)C2(c3ccccc3)CCN(C)CC2)C1. The van der Waals surface area contributed by atoms with E-state index in [4.69, 9.17) is 4.74 Å². The molecule has 1 unspecified atom stereocenters. The Bertz CT molecular complexity index is 552. The molecule has 0 radical (unpaired) electrons. The predicted octanol–water partition coefficient (Wildman–Crippen LogP) is 3.07. The first kappa shape index (κ1) is 18.4. The van der Waals surface area contributed by atoms with Gasteiger partial charge in [0.15, 0.2) is 0 Å². The molecule has 0 bridgehead atoms. The van der Waals surface area contributed by atoms with Crippen LogP contribution in [-0.2, 0) is 14.9 Å². The summed E-state index contributed by atoms with van der Waals surface area (Å²) >= 11 is 0. The fraction of sp³-hybridized carbons (Fsp3) is 0.667. The molecule has 2 fully saturated rings. The highest BCUT2D eigenvalue weighted by Gasteiger charge is 2.45. The second kappa shape index (κ2) is 8.33. The van der Waals surface area contributed by atoms with Crippen molar-refractivity contribution < 1.29 is 9.53 Å². The minimum absolute atomic E-state index is 0.205. The highest BCUT2D eigenvalue weighted by molar-refractivity contribution is 5.88. The van der Waals surface area contributed by atoms with Gasteiger partial charge in [0.1, 0.15) is 0 Å². The van der Waals surface area contributed by atoms with E-state index in [2.05, 4.69) is 48.0 Å². The summed E-state index contributed by atoms with van der Waals surface area (Å²) < 4.78 is 5.95. The number of carbonyl (C=O) groups excluding carboxylic acids is 1. The number of rotatable bonds is 5. The highest BCUT2D eigenvalue weighted by atomic mass is 16.5. The number of likely N-dealkylation sites (tertiary alicyclic amines) is 2. The van der Waals surface area contributed by atoms with Crippen LogP contribution in [0.2, 0.25) is 0 Å². The Morgan fingerprint density at radius 2 is 1.92 bits per heavy atom. The van der Waals surface area contributed by atoms with Gasteiger partial charge in [0.25, 0.3) is 0 Å². The van der Waals surface area contributed by atoms with Crippen LogP contribution in [0.25, 0.3) is 0 Å². The fourth-order valence-electron chi connectivity index (χ4n) is 4.23. The highest BCUT2D eigenvalue weighted by Crippen LogP contribution is 2.38. The van der Waals surface area contributed by atoms with Crippen LogP contribution >= 0.6 is 0 Å². The molecular formula is C21H32N2O2. The van der Waals surface area contributed by atoms with Gasteiger partial charge in [0.05, 0.1) is 11.5 Å². The number of hydrogen-bond acceptors (Lipinski definition) is 3. The molecule has 0 spiro atoms. The van der Waals surface area contributed by atoms with E-state index in [1.165, 1.54) is 5.56 Å². The third kappa shape index (κ3) is 4.06. The molecule has 2 aliphatic rings. The van der Waals surface area contributed by atoms with Gasteiger partial charge in [-0.1, -0.05) is 37.3 Å². The topological polar surface area (TPSA) is 32.8 Å². The van der Waals surface area contributed by atoms with Crippen molar-refractivity contribution >= 4 is 5.91 Å². The lowest BCUT2D eigenvalue weighted by molar-refractivity contribution is -0.143. The number of benzene rings is 1. The van der Waals surface area contributed by atoms with E-state index in [0.29, 0.717) is 5.91 Å². The Morgan fingerprint density at radius 3 is 2.60 bits per heavy atom. The Labute approximate surface area is 152 Å². The zero-order valence-corrected chi connectivity index (χ0v) is 15.7. The zero-order chi connectivity index (χ0) is 17.7. The maximum atomic E-state index is 13.7. The first-order chi connectivity index (χ1) is 12.2. The maximum absolute atomic E-state index is 13.7. The molecule has 0 saturated carbocycles. The standard InChI is InChI=1S/C21H32N2O2/c1-3-16-25-19-10-7-13-23(17-19)20(24)21(11-14-22(2)15-12-21)18-8-5-4-6-9-18/h4-6,8-9,19H,3,7,10-17H2,1-2H3. The Hall–Kier alpha value is -1.39. The minimum Gasteiger partial charge on any atom is -0.376 e. The van der Waals surface area contributed by atoms with Crippen LogP contribution < -0.4 is 0 Å². The van der Waals surface area contributed by atoms with Crippen molar-refractivity contribution in [1.29, 1.82) is 0 Å². The largest absolute Gasteiger partial charge is 0.376 e. The van der Waals surface area contributed by atoms with Gasteiger partial charge in [-0.15, -0.1) is 0 Å². The first-order valence-electron chi connectivity index (χ1n) is 9.81. The van der Waals surface area contributed by atoms with Crippen LogP contribution in [0.15, 0.2) is 30.3 Å². The Kier molecular flexibility index (Phi) is 6.13. The molecule has 4 heteroatoms. The molecule has 2 heterocycles. The minimum atomic E-state index is -0.361. The van der Waals surface area contributed by atoms with Crippen molar-refractivity contribution in [2.24, 2.45) is 0 Å². The monoisotopic (exact) mass is 344 g/mol. The molecule has 1 amide bonds. The predicted molar refractivity (Wildman–Crippen MR) is 101 cm³/mol.